The molecule has 0 aliphatic carbocycles. The van der Waals surface area contributed by atoms with E-state index < -0.39 is 29.6 Å². The van der Waals surface area contributed by atoms with Crippen LogP contribution in [0, 0.1) is 18.8 Å². The number of aliphatic hydroxyl groups is 1. The minimum Gasteiger partial charge on any atom is -0.493 e. The van der Waals surface area contributed by atoms with Crippen LogP contribution in [0.5, 0.6) is 11.5 Å². The van der Waals surface area contributed by atoms with E-state index in [4.69, 9.17) is 9.47 Å². The zero-order valence-electron chi connectivity index (χ0n) is 33.9. The van der Waals surface area contributed by atoms with Crippen LogP contribution in [-0.4, -0.2) is 120 Å². The Kier molecular flexibility index (Phi) is 15.9. The quantitative estimate of drug-likeness (QED) is 0.159. The molecule has 13 nitrogen and oxygen atoms in total. The zero-order chi connectivity index (χ0) is 40.3. The lowest BCUT2D eigenvalue weighted by Gasteiger charge is -2.43. The van der Waals surface area contributed by atoms with E-state index in [9.17, 15) is 19.5 Å². The summed E-state index contributed by atoms with van der Waals surface area (Å²) in [7, 11) is 4.92. The molecule has 4 N–H and O–H groups in total. The van der Waals surface area contributed by atoms with E-state index in [1.807, 2.05) is 100 Å². The number of rotatable bonds is 17. The number of hydrogen-bond donors (Lipinski definition) is 4. The topological polar surface area (TPSA) is 149 Å². The molecule has 302 valence electrons. The van der Waals surface area contributed by atoms with Crippen molar-refractivity contribution in [2.75, 3.05) is 54.0 Å². The number of aromatic nitrogens is 1. The number of carbonyl (C=O) groups excluding carboxylic acids is 3. The SMILES string of the molecule is COc1ccc(CN2CCN(C[C@H](O)[C@@H](Cc3ccccc3)NC(=O)[C@H](CNC(=O)N(C)Cc3csc(C)n3)C(C)C)[C@@H](C(=O)NC(C)(C)C)C2)cc1OC. The van der Waals surface area contributed by atoms with Crippen molar-refractivity contribution >= 4 is 29.2 Å². The molecule has 2 heterocycles. The number of piperazine rings is 1. The third-order valence-corrected chi connectivity index (χ3v) is 10.6. The summed E-state index contributed by atoms with van der Waals surface area (Å²) in [6.07, 6.45) is -0.611. The van der Waals surface area contributed by atoms with Crippen molar-refractivity contribution in [1.29, 1.82) is 0 Å². The number of aryl methyl sites for hydroxylation is 1. The maximum atomic E-state index is 14.0. The molecule has 1 saturated heterocycles. The molecule has 4 amide bonds. The van der Waals surface area contributed by atoms with E-state index >= 15 is 0 Å². The van der Waals surface area contributed by atoms with Crippen molar-refractivity contribution < 1.29 is 29.0 Å². The first kappa shape index (κ1) is 43.5. The third-order valence-electron chi connectivity index (χ3n) is 9.77. The van der Waals surface area contributed by atoms with Gasteiger partial charge in [-0.15, -0.1) is 11.3 Å². The van der Waals surface area contributed by atoms with Gasteiger partial charge in [-0.2, -0.15) is 0 Å². The lowest BCUT2D eigenvalue weighted by Crippen LogP contribution is -2.63. The average molecular weight is 780 g/mol. The molecule has 4 rings (SSSR count). The second-order valence-electron chi connectivity index (χ2n) is 15.8. The predicted octanol–water partition coefficient (Wildman–Crippen LogP) is 4.07. The summed E-state index contributed by atoms with van der Waals surface area (Å²) in [5.41, 5.74) is 2.35. The number of amides is 4. The molecule has 0 radical (unpaired) electrons. The normalized spacial score (nSPS) is 16.9. The molecule has 3 aromatic rings. The fraction of sp³-hybridized carbons (Fsp3) is 0.561. The lowest BCUT2D eigenvalue weighted by atomic mass is 9.93. The average Bonchev–Trinajstić information content (AvgIpc) is 3.55. The molecule has 1 aliphatic heterocycles. The monoisotopic (exact) mass is 779 g/mol. The van der Waals surface area contributed by atoms with Gasteiger partial charge in [0, 0.05) is 57.2 Å². The Morgan fingerprint density at radius 3 is 2.36 bits per heavy atom. The Balaban J connectivity index is 1.48. The van der Waals surface area contributed by atoms with Crippen LogP contribution in [-0.2, 0) is 29.1 Å². The first-order valence-electron chi connectivity index (χ1n) is 19.0. The molecular formula is C41H61N7O6S. The van der Waals surface area contributed by atoms with E-state index in [-0.39, 0.29) is 36.9 Å². The fourth-order valence-electron chi connectivity index (χ4n) is 6.75. The molecule has 0 bridgehead atoms. The van der Waals surface area contributed by atoms with Crippen molar-refractivity contribution in [1.82, 2.24) is 35.6 Å². The highest BCUT2D eigenvalue weighted by molar-refractivity contribution is 7.09. The smallest absolute Gasteiger partial charge is 0.317 e. The Hall–Kier alpha value is -4.24. The largest absolute Gasteiger partial charge is 0.493 e. The van der Waals surface area contributed by atoms with Gasteiger partial charge < -0.3 is 35.4 Å². The molecule has 4 atom stereocenters. The molecule has 2 aromatic carbocycles. The number of aliphatic hydroxyl groups excluding tert-OH is 1. The van der Waals surface area contributed by atoms with Gasteiger partial charge in [-0.05, 0) is 63.3 Å². The second kappa shape index (κ2) is 20.1. The number of carbonyl (C=O) groups is 3. The molecule has 1 aliphatic rings. The lowest BCUT2D eigenvalue weighted by molar-refractivity contribution is -0.132. The predicted molar refractivity (Wildman–Crippen MR) is 216 cm³/mol. The van der Waals surface area contributed by atoms with Crippen LogP contribution in [0.15, 0.2) is 53.9 Å². The van der Waals surface area contributed by atoms with Gasteiger partial charge in [-0.1, -0.05) is 50.2 Å². The third kappa shape index (κ3) is 13.2. The molecular weight excluding hydrogens is 719 g/mol. The first-order chi connectivity index (χ1) is 26.1. The number of nitrogens with zero attached hydrogens (tertiary/aromatic N) is 4. The molecule has 0 spiro atoms. The van der Waals surface area contributed by atoms with Crippen molar-refractivity contribution in [3.05, 3.63) is 75.7 Å². The van der Waals surface area contributed by atoms with Crippen LogP contribution in [0.3, 0.4) is 0 Å². The van der Waals surface area contributed by atoms with E-state index in [0.29, 0.717) is 50.6 Å². The van der Waals surface area contributed by atoms with Crippen LogP contribution in [0.4, 0.5) is 4.79 Å². The van der Waals surface area contributed by atoms with Crippen molar-refractivity contribution in [3.63, 3.8) is 0 Å². The van der Waals surface area contributed by atoms with Gasteiger partial charge >= 0.3 is 6.03 Å². The van der Waals surface area contributed by atoms with Crippen molar-refractivity contribution in [2.24, 2.45) is 11.8 Å². The molecule has 1 fully saturated rings. The van der Waals surface area contributed by atoms with Gasteiger partial charge in [0.25, 0.3) is 0 Å². The second-order valence-corrected chi connectivity index (χ2v) is 16.9. The minimum atomic E-state index is -0.999. The van der Waals surface area contributed by atoms with Crippen LogP contribution >= 0.6 is 11.3 Å². The molecule has 0 unspecified atom stereocenters. The van der Waals surface area contributed by atoms with E-state index in [2.05, 4.69) is 25.8 Å². The number of β-amino-alcohol motifs (C(OH)–C–C–N with tert-alkyl or cyclic N) is 1. The number of thiazole rings is 1. The van der Waals surface area contributed by atoms with E-state index in [0.717, 1.165) is 21.8 Å². The van der Waals surface area contributed by atoms with Crippen LogP contribution in [0.25, 0.3) is 0 Å². The Morgan fingerprint density at radius 2 is 1.75 bits per heavy atom. The number of benzene rings is 2. The Bertz CT molecular complexity index is 1700. The van der Waals surface area contributed by atoms with Crippen LogP contribution in [0.2, 0.25) is 0 Å². The summed E-state index contributed by atoms with van der Waals surface area (Å²) in [5.74, 6) is 0.284. The summed E-state index contributed by atoms with van der Waals surface area (Å²) in [5, 5.41) is 24.1. The van der Waals surface area contributed by atoms with Crippen LogP contribution in [0.1, 0.15) is 56.4 Å². The highest BCUT2D eigenvalue weighted by Crippen LogP contribution is 2.28. The highest BCUT2D eigenvalue weighted by Gasteiger charge is 2.37. The standard InChI is InChI=1S/C41H61N7O6S/c1-27(2)32(21-42-40(52)46(7)23-31-26-55-28(3)43-31)38(50)44-33(19-29-13-11-10-12-14-29)35(49)25-48-18-17-47(24-34(48)39(51)45-41(4,5)6)22-30-15-16-36(53-8)37(20-30)54-9/h10-16,20,26-27,32-35,49H,17-19,21-25H2,1-9H3,(H,42,52)(H,44,50)(H,45,51)/t32-,33-,34-,35+/m1/s1. The summed E-state index contributed by atoms with van der Waals surface area (Å²) in [4.78, 5) is 51.1. The molecule has 14 heteroatoms. The van der Waals surface area contributed by atoms with Gasteiger partial charge in [0.1, 0.15) is 6.04 Å². The maximum absolute atomic E-state index is 14.0. The summed E-state index contributed by atoms with van der Waals surface area (Å²) in [6, 6.07) is 14.1. The minimum absolute atomic E-state index is 0.0921. The van der Waals surface area contributed by atoms with Gasteiger partial charge in [-0.25, -0.2) is 9.78 Å². The van der Waals surface area contributed by atoms with Crippen LogP contribution < -0.4 is 25.4 Å². The van der Waals surface area contributed by atoms with Gasteiger partial charge in [0.15, 0.2) is 11.5 Å². The Labute approximate surface area is 330 Å². The van der Waals surface area contributed by atoms with E-state index in [1.54, 1.807) is 26.2 Å². The highest BCUT2D eigenvalue weighted by atomic mass is 32.1. The number of ether oxygens (including phenoxy) is 2. The van der Waals surface area contributed by atoms with Gasteiger partial charge in [0.05, 0.1) is 49.5 Å². The zero-order valence-corrected chi connectivity index (χ0v) is 34.7. The number of hydrogen-bond acceptors (Lipinski definition) is 10. The van der Waals surface area contributed by atoms with Gasteiger partial charge in [-0.3, -0.25) is 19.4 Å². The molecule has 0 saturated carbocycles. The molecule has 55 heavy (non-hydrogen) atoms. The van der Waals surface area contributed by atoms with Gasteiger partial charge in [0.2, 0.25) is 11.8 Å². The first-order valence-corrected chi connectivity index (χ1v) is 19.9. The fourth-order valence-corrected chi connectivity index (χ4v) is 7.35. The summed E-state index contributed by atoms with van der Waals surface area (Å²) in [6.45, 7) is 14.6. The summed E-state index contributed by atoms with van der Waals surface area (Å²) < 4.78 is 10.9. The Morgan fingerprint density at radius 1 is 1.04 bits per heavy atom. The molecule has 1 aromatic heterocycles. The maximum Gasteiger partial charge on any atom is 0.317 e. The summed E-state index contributed by atoms with van der Waals surface area (Å²) >= 11 is 1.53. The number of nitrogens with one attached hydrogen (secondary N) is 3. The van der Waals surface area contributed by atoms with E-state index in [1.165, 1.54) is 11.3 Å². The van der Waals surface area contributed by atoms with Crippen molar-refractivity contribution in [2.45, 2.75) is 84.8 Å². The number of methoxy groups -OCH3 is 2. The number of urea groups is 1. The van der Waals surface area contributed by atoms with Crippen molar-refractivity contribution in [3.8, 4) is 11.5 Å².